The number of nitrogens with zero attached hydrogens (tertiary/aromatic N) is 1. The van der Waals surface area contributed by atoms with Gasteiger partial charge in [-0.3, -0.25) is 4.79 Å². The first-order valence-electron chi connectivity index (χ1n) is 7.49. The van der Waals surface area contributed by atoms with Crippen molar-refractivity contribution in [2.45, 2.75) is 46.1 Å². The molecule has 0 bridgehead atoms. The van der Waals surface area contributed by atoms with Crippen molar-refractivity contribution >= 4 is 5.91 Å². The Hall–Kier alpha value is -1.35. The van der Waals surface area contributed by atoms with E-state index >= 15 is 0 Å². The third kappa shape index (κ3) is 4.97. The molecule has 1 unspecified atom stereocenters. The molecule has 0 spiro atoms. The van der Waals surface area contributed by atoms with Gasteiger partial charge in [0.2, 0.25) is 5.91 Å². The Balaban J connectivity index is 2.56. The number of carbonyl (C=O) groups is 1. The number of rotatable bonds is 7. The average Bonchev–Trinajstić information content (AvgIpc) is 2.44. The number of carbonyl (C=O) groups excluding carboxylic acids is 1. The Morgan fingerprint density at radius 1 is 1.20 bits per heavy atom. The number of nitrogens with two attached hydrogens (primary N) is 1. The Morgan fingerprint density at radius 2 is 1.80 bits per heavy atom. The number of hydrogen-bond donors (Lipinski definition) is 1. The molecule has 1 aromatic carbocycles. The molecule has 0 aliphatic heterocycles. The molecule has 0 radical (unpaired) electrons. The summed E-state index contributed by atoms with van der Waals surface area (Å²) in [5.74, 6) is 0.796. The molecule has 1 aromatic rings. The summed E-state index contributed by atoms with van der Waals surface area (Å²) in [6, 6.07) is 8.53. The van der Waals surface area contributed by atoms with Gasteiger partial charge in [-0.2, -0.15) is 0 Å². The maximum atomic E-state index is 12.2. The van der Waals surface area contributed by atoms with Crippen LogP contribution in [0.15, 0.2) is 24.3 Å². The van der Waals surface area contributed by atoms with Crippen LogP contribution in [-0.4, -0.2) is 24.4 Å². The van der Waals surface area contributed by atoms with Gasteiger partial charge in [0.15, 0.2) is 0 Å². The fraction of sp³-hybridized carbons (Fsp3) is 0.588. The highest BCUT2D eigenvalue weighted by Crippen LogP contribution is 2.16. The van der Waals surface area contributed by atoms with Gasteiger partial charge in [0, 0.05) is 19.5 Å². The lowest BCUT2D eigenvalue weighted by atomic mass is 10.0. The van der Waals surface area contributed by atoms with Crippen LogP contribution in [0.1, 0.15) is 50.7 Å². The van der Waals surface area contributed by atoms with Gasteiger partial charge in [-0.05, 0) is 36.4 Å². The van der Waals surface area contributed by atoms with E-state index < -0.39 is 0 Å². The molecule has 0 aliphatic carbocycles. The van der Waals surface area contributed by atoms with Gasteiger partial charge in [0.05, 0.1) is 0 Å². The standard InChI is InChI=1S/C17H28N2O/c1-13(2)16-9-7-15(8-10-16)12-19(4)17(20)14(3)6-5-11-18/h7-10,13-14H,5-6,11-12,18H2,1-4H3. The molecule has 0 fully saturated rings. The minimum atomic E-state index is 0.0542. The SMILES string of the molecule is CC(CCCN)C(=O)N(C)Cc1ccc(C(C)C)cc1. The summed E-state index contributed by atoms with van der Waals surface area (Å²) in [5.41, 5.74) is 8.00. The Bertz CT molecular complexity index is 412. The summed E-state index contributed by atoms with van der Waals surface area (Å²) in [6.07, 6.45) is 1.77. The molecule has 0 aliphatic rings. The zero-order valence-electron chi connectivity index (χ0n) is 13.2. The third-order valence-electron chi connectivity index (χ3n) is 3.71. The van der Waals surface area contributed by atoms with Gasteiger partial charge in [-0.25, -0.2) is 0 Å². The highest BCUT2D eigenvalue weighted by molar-refractivity contribution is 5.78. The van der Waals surface area contributed by atoms with Crippen LogP contribution < -0.4 is 5.73 Å². The van der Waals surface area contributed by atoms with E-state index in [-0.39, 0.29) is 11.8 Å². The molecular weight excluding hydrogens is 248 g/mol. The average molecular weight is 276 g/mol. The van der Waals surface area contributed by atoms with Crippen LogP contribution >= 0.6 is 0 Å². The molecule has 0 saturated carbocycles. The van der Waals surface area contributed by atoms with Crippen molar-refractivity contribution in [1.29, 1.82) is 0 Å². The van der Waals surface area contributed by atoms with E-state index in [1.54, 1.807) is 0 Å². The summed E-state index contributed by atoms with van der Waals surface area (Å²) in [6.45, 7) is 7.67. The van der Waals surface area contributed by atoms with Gasteiger partial charge >= 0.3 is 0 Å². The summed E-state index contributed by atoms with van der Waals surface area (Å²) in [5, 5.41) is 0. The maximum absolute atomic E-state index is 12.2. The van der Waals surface area contributed by atoms with E-state index in [9.17, 15) is 4.79 Å². The van der Waals surface area contributed by atoms with Crippen molar-refractivity contribution in [1.82, 2.24) is 4.90 Å². The zero-order chi connectivity index (χ0) is 15.1. The molecule has 2 N–H and O–H groups in total. The van der Waals surface area contributed by atoms with E-state index in [0.29, 0.717) is 19.0 Å². The second-order valence-corrected chi connectivity index (χ2v) is 5.92. The minimum absolute atomic E-state index is 0.0542. The summed E-state index contributed by atoms with van der Waals surface area (Å²) in [4.78, 5) is 14.0. The molecule has 0 saturated heterocycles. The smallest absolute Gasteiger partial charge is 0.225 e. The topological polar surface area (TPSA) is 46.3 Å². The second kappa shape index (κ2) is 8.05. The summed E-state index contributed by atoms with van der Waals surface area (Å²) >= 11 is 0. The van der Waals surface area contributed by atoms with Gasteiger partial charge in [-0.1, -0.05) is 45.0 Å². The molecular formula is C17H28N2O. The molecule has 0 heterocycles. The van der Waals surface area contributed by atoms with Crippen molar-refractivity contribution < 1.29 is 4.79 Å². The predicted molar refractivity (Wildman–Crippen MR) is 84.5 cm³/mol. The minimum Gasteiger partial charge on any atom is -0.341 e. The van der Waals surface area contributed by atoms with E-state index in [1.165, 1.54) is 11.1 Å². The first-order valence-corrected chi connectivity index (χ1v) is 7.49. The van der Waals surface area contributed by atoms with Gasteiger partial charge in [-0.15, -0.1) is 0 Å². The van der Waals surface area contributed by atoms with Crippen LogP contribution in [0.25, 0.3) is 0 Å². The van der Waals surface area contributed by atoms with Crippen LogP contribution in [-0.2, 0) is 11.3 Å². The van der Waals surface area contributed by atoms with E-state index in [4.69, 9.17) is 5.73 Å². The molecule has 1 atom stereocenters. The van der Waals surface area contributed by atoms with Crippen molar-refractivity contribution in [3.05, 3.63) is 35.4 Å². The lowest BCUT2D eigenvalue weighted by Crippen LogP contribution is -2.31. The first kappa shape index (κ1) is 16.7. The Morgan fingerprint density at radius 3 is 2.30 bits per heavy atom. The number of hydrogen-bond acceptors (Lipinski definition) is 2. The Labute approximate surface area is 123 Å². The Kier molecular flexibility index (Phi) is 6.73. The predicted octanol–water partition coefficient (Wildman–Crippen LogP) is 3.14. The third-order valence-corrected chi connectivity index (χ3v) is 3.71. The maximum Gasteiger partial charge on any atom is 0.225 e. The molecule has 112 valence electrons. The van der Waals surface area contributed by atoms with Gasteiger partial charge in [0.1, 0.15) is 0 Å². The van der Waals surface area contributed by atoms with Gasteiger partial charge < -0.3 is 10.6 Å². The second-order valence-electron chi connectivity index (χ2n) is 5.92. The highest BCUT2D eigenvalue weighted by atomic mass is 16.2. The highest BCUT2D eigenvalue weighted by Gasteiger charge is 2.17. The fourth-order valence-corrected chi connectivity index (χ4v) is 2.28. The van der Waals surface area contributed by atoms with E-state index in [2.05, 4.69) is 38.1 Å². The molecule has 1 amide bonds. The van der Waals surface area contributed by atoms with E-state index in [0.717, 1.165) is 12.8 Å². The molecule has 0 aromatic heterocycles. The molecule has 20 heavy (non-hydrogen) atoms. The van der Waals surface area contributed by atoms with Crippen LogP contribution in [0, 0.1) is 5.92 Å². The molecule has 1 rings (SSSR count). The summed E-state index contributed by atoms with van der Waals surface area (Å²) in [7, 11) is 1.87. The zero-order valence-corrected chi connectivity index (χ0v) is 13.2. The van der Waals surface area contributed by atoms with Crippen LogP contribution in [0.2, 0.25) is 0 Å². The molecule has 3 nitrogen and oxygen atoms in total. The fourth-order valence-electron chi connectivity index (χ4n) is 2.28. The number of benzene rings is 1. The first-order chi connectivity index (χ1) is 9.45. The molecule has 3 heteroatoms. The quantitative estimate of drug-likeness (QED) is 0.831. The summed E-state index contributed by atoms with van der Waals surface area (Å²) < 4.78 is 0. The van der Waals surface area contributed by atoms with Gasteiger partial charge in [0.25, 0.3) is 0 Å². The monoisotopic (exact) mass is 276 g/mol. The van der Waals surface area contributed by atoms with Crippen molar-refractivity contribution in [2.24, 2.45) is 11.7 Å². The van der Waals surface area contributed by atoms with Crippen molar-refractivity contribution in [3.63, 3.8) is 0 Å². The van der Waals surface area contributed by atoms with Crippen LogP contribution in [0.5, 0.6) is 0 Å². The van der Waals surface area contributed by atoms with Crippen molar-refractivity contribution in [2.75, 3.05) is 13.6 Å². The lowest BCUT2D eigenvalue weighted by molar-refractivity contribution is -0.134. The number of amides is 1. The van der Waals surface area contributed by atoms with Crippen molar-refractivity contribution in [3.8, 4) is 0 Å². The lowest BCUT2D eigenvalue weighted by Gasteiger charge is -2.21. The van der Waals surface area contributed by atoms with Crippen LogP contribution in [0.3, 0.4) is 0 Å². The normalized spacial score (nSPS) is 12.5. The van der Waals surface area contributed by atoms with Crippen LogP contribution in [0.4, 0.5) is 0 Å². The van der Waals surface area contributed by atoms with E-state index in [1.807, 2.05) is 18.9 Å². The largest absolute Gasteiger partial charge is 0.341 e.